The van der Waals surface area contributed by atoms with Crippen LogP contribution in [0.15, 0.2) is 27.4 Å². The predicted octanol–water partition coefficient (Wildman–Crippen LogP) is 0.918. The molecule has 0 amide bonds. The average molecular weight is 207 g/mol. The molecule has 2 rings (SSSR count). The lowest BCUT2D eigenvalue weighted by Gasteiger charge is -2.00. The number of benzene rings is 1. The number of methoxy groups -OCH3 is 1. The molecule has 0 unspecified atom stereocenters. The van der Waals surface area contributed by atoms with Gasteiger partial charge in [0.15, 0.2) is 5.58 Å². The Balaban J connectivity index is 2.86. The van der Waals surface area contributed by atoms with Gasteiger partial charge < -0.3 is 9.15 Å². The van der Waals surface area contributed by atoms with Crippen molar-refractivity contribution in [3.05, 3.63) is 34.3 Å². The number of aromatic nitrogens is 1. The zero-order chi connectivity index (χ0) is 11.0. The van der Waals surface area contributed by atoms with Crippen molar-refractivity contribution >= 4 is 17.1 Å². The quantitative estimate of drug-likeness (QED) is 0.652. The number of ether oxygens (including phenoxy) is 1. The van der Waals surface area contributed by atoms with Crippen LogP contribution in [0, 0.1) is 0 Å². The van der Waals surface area contributed by atoms with E-state index in [1.165, 1.54) is 11.7 Å². The second-order valence-corrected chi connectivity index (χ2v) is 3.07. The van der Waals surface area contributed by atoms with Crippen LogP contribution in [-0.4, -0.2) is 17.6 Å². The largest absolute Gasteiger partial charge is 0.465 e. The molecule has 0 radical (unpaired) electrons. The Kier molecular flexibility index (Phi) is 2.07. The molecule has 0 fully saturated rings. The van der Waals surface area contributed by atoms with Crippen LogP contribution in [0.25, 0.3) is 11.1 Å². The molecule has 0 N–H and O–H groups in total. The number of oxazole rings is 1. The summed E-state index contributed by atoms with van der Waals surface area (Å²) in [7, 11) is 2.83. The highest BCUT2D eigenvalue weighted by Gasteiger charge is 2.15. The molecule has 1 aromatic heterocycles. The van der Waals surface area contributed by atoms with E-state index < -0.39 is 11.7 Å². The second-order valence-electron chi connectivity index (χ2n) is 3.07. The van der Waals surface area contributed by atoms with Gasteiger partial charge in [-0.25, -0.2) is 9.59 Å². The summed E-state index contributed by atoms with van der Waals surface area (Å²) < 4.78 is 10.8. The maximum Gasteiger partial charge on any atom is 0.419 e. The van der Waals surface area contributed by atoms with Crippen molar-refractivity contribution in [2.75, 3.05) is 7.11 Å². The number of hydrogen-bond acceptors (Lipinski definition) is 4. The van der Waals surface area contributed by atoms with Crippen molar-refractivity contribution in [3.8, 4) is 0 Å². The molecule has 2 aromatic rings. The number of fused-ring (bicyclic) bond motifs is 1. The minimum absolute atomic E-state index is 0.323. The topological polar surface area (TPSA) is 61.4 Å². The number of esters is 1. The molecule has 5 nitrogen and oxygen atoms in total. The number of para-hydroxylation sites is 1. The van der Waals surface area contributed by atoms with Crippen LogP contribution in [0.4, 0.5) is 0 Å². The zero-order valence-corrected chi connectivity index (χ0v) is 8.31. The molecule has 1 aromatic carbocycles. The zero-order valence-electron chi connectivity index (χ0n) is 8.31. The van der Waals surface area contributed by atoms with Crippen molar-refractivity contribution in [1.29, 1.82) is 0 Å². The Morgan fingerprint density at radius 1 is 1.47 bits per heavy atom. The van der Waals surface area contributed by atoms with Gasteiger partial charge >= 0.3 is 11.7 Å². The summed E-state index contributed by atoms with van der Waals surface area (Å²) in [4.78, 5) is 22.7. The fraction of sp³-hybridized carbons (Fsp3) is 0.200. The van der Waals surface area contributed by atoms with Crippen LogP contribution in [-0.2, 0) is 11.8 Å². The highest BCUT2D eigenvalue weighted by molar-refractivity contribution is 6.01. The van der Waals surface area contributed by atoms with Gasteiger partial charge in [-0.05, 0) is 12.1 Å². The highest BCUT2D eigenvalue weighted by atomic mass is 16.5. The van der Waals surface area contributed by atoms with E-state index in [1.807, 2.05) is 0 Å². The summed E-state index contributed by atoms with van der Waals surface area (Å²) in [6.07, 6.45) is 0. The van der Waals surface area contributed by atoms with Crippen LogP contribution in [0.2, 0.25) is 0 Å². The van der Waals surface area contributed by atoms with E-state index in [0.717, 1.165) is 0 Å². The Morgan fingerprint density at radius 2 is 2.20 bits per heavy atom. The van der Waals surface area contributed by atoms with Crippen LogP contribution >= 0.6 is 0 Å². The molecule has 15 heavy (non-hydrogen) atoms. The molecule has 0 saturated heterocycles. The van der Waals surface area contributed by atoms with Crippen LogP contribution in [0.5, 0.6) is 0 Å². The molecule has 5 heteroatoms. The van der Waals surface area contributed by atoms with Crippen molar-refractivity contribution in [1.82, 2.24) is 4.57 Å². The Bertz CT molecular complexity index is 579. The van der Waals surface area contributed by atoms with E-state index >= 15 is 0 Å². The third-order valence-electron chi connectivity index (χ3n) is 2.21. The molecule has 0 aliphatic carbocycles. The summed E-state index contributed by atoms with van der Waals surface area (Å²) >= 11 is 0. The van der Waals surface area contributed by atoms with Gasteiger partial charge in [-0.1, -0.05) is 6.07 Å². The van der Waals surface area contributed by atoms with Crippen molar-refractivity contribution in [2.24, 2.45) is 7.05 Å². The van der Waals surface area contributed by atoms with Gasteiger partial charge in [0.1, 0.15) is 5.52 Å². The molecule has 0 saturated carbocycles. The first-order chi connectivity index (χ1) is 7.15. The lowest BCUT2D eigenvalue weighted by Crippen LogP contribution is -2.11. The van der Waals surface area contributed by atoms with Gasteiger partial charge in [0, 0.05) is 7.05 Å². The van der Waals surface area contributed by atoms with E-state index in [2.05, 4.69) is 4.74 Å². The van der Waals surface area contributed by atoms with E-state index in [9.17, 15) is 9.59 Å². The molecule has 1 heterocycles. The fourth-order valence-electron chi connectivity index (χ4n) is 1.48. The number of hydrogen-bond donors (Lipinski definition) is 0. The molecule has 0 spiro atoms. The summed E-state index contributed by atoms with van der Waals surface area (Å²) in [5.74, 6) is -0.988. The molecular weight excluding hydrogens is 198 g/mol. The maximum atomic E-state index is 11.4. The SMILES string of the molecule is COC(=O)c1cccc2oc(=O)n(C)c12. The standard InChI is InChI=1S/C10H9NO4/c1-11-8-6(9(12)14-2)4-3-5-7(8)15-10(11)13/h3-5H,1-2H3. The van der Waals surface area contributed by atoms with Gasteiger partial charge in [-0.15, -0.1) is 0 Å². The summed E-state index contributed by atoms with van der Waals surface area (Å²) in [5, 5.41) is 0. The lowest BCUT2D eigenvalue weighted by molar-refractivity contribution is 0.0602. The molecule has 0 bridgehead atoms. The Hall–Kier alpha value is -2.04. The Labute approximate surface area is 84.9 Å². The first-order valence-electron chi connectivity index (χ1n) is 4.32. The first kappa shape index (κ1) is 9.51. The molecule has 0 atom stereocenters. The smallest absolute Gasteiger partial charge is 0.419 e. The summed E-state index contributed by atoms with van der Waals surface area (Å²) in [5.41, 5.74) is 1.16. The third-order valence-corrected chi connectivity index (χ3v) is 2.21. The van der Waals surface area contributed by atoms with Crippen molar-refractivity contribution < 1.29 is 13.9 Å². The molecule has 0 aliphatic heterocycles. The normalized spacial score (nSPS) is 10.5. The van der Waals surface area contributed by atoms with Gasteiger partial charge in [-0.3, -0.25) is 4.57 Å². The maximum absolute atomic E-state index is 11.4. The van der Waals surface area contributed by atoms with E-state index in [4.69, 9.17) is 4.42 Å². The van der Waals surface area contributed by atoms with E-state index in [-0.39, 0.29) is 0 Å². The second kappa shape index (κ2) is 3.27. The minimum atomic E-state index is -0.499. The average Bonchev–Trinajstić information content (AvgIpc) is 2.54. The molecule has 0 aliphatic rings. The molecule has 78 valence electrons. The number of aryl methyl sites for hydroxylation is 1. The number of nitrogens with zero attached hydrogens (tertiary/aromatic N) is 1. The van der Waals surface area contributed by atoms with E-state index in [1.54, 1.807) is 25.2 Å². The van der Waals surface area contributed by atoms with Crippen molar-refractivity contribution in [3.63, 3.8) is 0 Å². The predicted molar refractivity (Wildman–Crippen MR) is 52.8 cm³/mol. The molecular formula is C10H9NO4. The van der Waals surface area contributed by atoms with Crippen molar-refractivity contribution in [2.45, 2.75) is 0 Å². The number of carbonyl (C=O) groups excluding carboxylic acids is 1. The monoisotopic (exact) mass is 207 g/mol. The first-order valence-corrected chi connectivity index (χ1v) is 4.32. The van der Waals surface area contributed by atoms with E-state index in [0.29, 0.717) is 16.7 Å². The Morgan fingerprint density at radius 3 is 2.87 bits per heavy atom. The van der Waals surface area contributed by atoms with Crippen LogP contribution in [0.3, 0.4) is 0 Å². The van der Waals surface area contributed by atoms with Gasteiger partial charge in [0.25, 0.3) is 0 Å². The number of rotatable bonds is 1. The highest BCUT2D eigenvalue weighted by Crippen LogP contribution is 2.17. The van der Waals surface area contributed by atoms with Gasteiger partial charge in [-0.2, -0.15) is 0 Å². The third kappa shape index (κ3) is 1.32. The summed E-state index contributed by atoms with van der Waals surface area (Å²) in [6, 6.07) is 4.85. The van der Waals surface area contributed by atoms with Crippen LogP contribution in [0.1, 0.15) is 10.4 Å². The lowest BCUT2D eigenvalue weighted by atomic mass is 10.2. The number of carbonyl (C=O) groups is 1. The summed E-state index contributed by atoms with van der Waals surface area (Å²) in [6.45, 7) is 0. The fourth-order valence-corrected chi connectivity index (χ4v) is 1.48. The van der Waals surface area contributed by atoms with Gasteiger partial charge in [0.05, 0.1) is 12.7 Å². The minimum Gasteiger partial charge on any atom is -0.465 e. The van der Waals surface area contributed by atoms with Crippen LogP contribution < -0.4 is 5.76 Å². The van der Waals surface area contributed by atoms with Gasteiger partial charge in [0.2, 0.25) is 0 Å².